The van der Waals surface area contributed by atoms with Crippen LogP contribution in [-0.2, 0) is 16.1 Å². The van der Waals surface area contributed by atoms with E-state index in [4.69, 9.17) is 11.6 Å². The molecule has 1 atom stereocenters. The van der Waals surface area contributed by atoms with Crippen LogP contribution < -0.4 is 5.32 Å². The van der Waals surface area contributed by atoms with Crippen LogP contribution in [0.25, 0.3) is 0 Å². The van der Waals surface area contributed by atoms with Gasteiger partial charge in [-0.2, -0.15) is 0 Å². The van der Waals surface area contributed by atoms with Gasteiger partial charge in [0.25, 0.3) is 0 Å². The van der Waals surface area contributed by atoms with Gasteiger partial charge in [0, 0.05) is 19.3 Å². The fourth-order valence-electron chi connectivity index (χ4n) is 1.23. The van der Waals surface area contributed by atoms with Crippen molar-refractivity contribution in [1.82, 2.24) is 10.3 Å². The fraction of sp³-hybridized carbons (Fsp3) is 0.455. The molecule has 0 aliphatic carbocycles. The van der Waals surface area contributed by atoms with Gasteiger partial charge in [-0.1, -0.05) is 6.07 Å². The molecule has 0 saturated heterocycles. The molecule has 0 aliphatic heterocycles. The van der Waals surface area contributed by atoms with Crippen LogP contribution in [0.2, 0.25) is 0 Å². The lowest BCUT2D eigenvalue weighted by molar-refractivity contribution is -0.140. The van der Waals surface area contributed by atoms with E-state index < -0.39 is 11.3 Å². The highest BCUT2D eigenvalue weighted by molar-refractivity contribution is 6.30. The molecule has 1 heterocycles. The Morgan fingerprint density at radius 2 is 2.44 bits per heavy atom. The van der Waals surface area contributed by atoms with E-state index in [0.29, 0.717) is 13.1 Å². The molecule has 0 bridgehead atoms. The van der Waals surface area contributed by atoms with Gasteiger partial charge in [-0.15, -0.1) is 11.6 Å². The lowest BCUT2D eigenvalue weighted by Gasteiger charge is -2.09. The van der Waals surface area contributed by atoms with E-state index in [1.54, 1.807) is 6.20 Å². The summed E-state index contributed by atoms with van der Waals surface area (Å²) in [6, 6.07) is 3.88. The number of alkyl halides is 1. The lowest BCUT2D eigenvalue weighted by atomic mass is 10.2. The molecule has 0 aliphatic rings. The standard InChI is InChI=1S/C11H15ClN2O2/c1-8-4-3-5-14-10(8)7-13-6-9(12)11(15)16-2/h3-5,9,13H,6-7H2,1-2H3. The third-order valence-corrected chi connectivity index (χ3v) is 2.52. The first-order valence-electron chi connectivity index (χ1n) is 4.98. The van der Waals surface area contributed by atoms with Crippen LogP contribution in [0, 0.1) is 6.92 Å². The Balaban J connectivity index is 2.36. The highest BCUT2D eigenvalue weighted by Gasteiger charge is 2.14. The summed E-state index contributed by atoms with van der Waals surface area (Å²) in [4.78, 5) is 15.2. The molecule has 5 heteroatoms. The number of aryl methyl sites for hydroxylation is 1. The summed E-state index contributed by atoms with van der Waals surface area (Å²) in [6.45, 7) is 2.94. The first kappa shape index (κ1) is 12.9. The number of rotatable bonds is 5. The number of aromatic nitrogens is 1. The van der Waals surface area contributed by atoms with Crippen molar-refractivity contribution < 1.29 is 9.53 Å². The number of hydrogen-bond donors (Lipinski definition) is 1. The summed E-state index contributed by atoms with van der Waals surface area (Å²) < 4.78 is 4.51. The maximum Gasteiger partial charge on any atom is 0.325 e. The molecule has 0 fully saturated rings. The third-order valence-electron chi connectivity index (χ3n) is 2.19. The van der Waals surface area contributed by atoms with Gasteiger partial charge in [0.15, 0.2) is 0 Å². The van der Waals surface area contributed by atoms with Crippen LogP contribution in [0.15, 0.2) is 18.3 Å². The smallest absolute Gasteiger partial charge is 0.325 e. The van der Waals surface area contributed by atoms with Crippen LogP contribution in [-0.4, -0.2) is 30.0 Å². The SMILES string of the molecule is COC(=O)C(Cl)CNCc1ncccc1C. The summed E-state index contributed by atoms with van der Waals surface area (Å²) in [5.74, 6) is -0.424. The van der Waals surface area contributed by atoms with Crippen LogP contribution in [0.1, 0.15) is 11.3 Å². The predicted molar refractivity (Wildman–Crippen MR) is 62.3 cm³/mol. The second-order valence-corrected chi connectivity index (χ2v) is 3.92. The molecule has 0 spiro atoms. The van der Waals surface area contributed by atoms with Crippen molar-refractivity contribution in [2.75, 3.05) is 13.7 Å². The molecule has 1 aromatic heterocycles. The number of ether oxygens (including phenoxy) is 1. The summed E-state index contributed by atoms with van der Waals surface area (Å²) in [5, 5.41) is 2.40. The van der Waals surface area contributed by atoms with E-state index in [0.717, 1.165) is 11.3 Å². The number of hydrogen-bond acceptors (Lipinski definition) is 4. The zero-order chi connectivity index (χ0) is 12.0. The Bertz CT molecular complexity index is 358. The third kappa shape index (κ3) is 3.79. The van der Waals surface area contributed by atoms with Crippen LogP contribution in [0.3, 0.4) is 0 Å². The van der Waals surface area contributed by atoms with Crippen molar-refractivity contribution in [3.05, 3.63) is 29.6 Å². The van der Waals surface area contributed by atoms with Gasteiger partial charge in [0.05, 0.1) is 12.8 Å². The quantitative estimate of drug-likeness (QED) is 0.624. The number of halogens is 1. The molecule has 0 amide bonds. The molecule has 1 aromatic rings. The maximum absolute atomic E-state index is 11.0. The first-order valence-corrected chi connectivity index (χ1v) is 5.42. The monoisotopic (exact) mass is 242 g/mol. The van der Waals surface area contributed by atoms with Gasteiger partial charge in [-0.3, -0.25) is 9.78 Å². The van der Waals surface area contributed by atoms with Crippen LogP contribution >= 0.6 is 11.6 Å². The molecule has 4 nitrogen and oxygen atoms in total. The highest BCUT2D eigenvalue weighted by Crippen LogP contribution is 2.03. The molecule has 1 N–H and O–H groups in total. The van der Waals surface area contributed by atoms with E-state index in [-0.39, 0.29) is 0 Å². The van der Waals surface area contributed by atoms with E-state index in [2.05, 4.69) is 15.0 Å². The molecule has 88 valence electrons. The van der Waals surface area contributed by atoms with Crippen LogP contribution in [0.4, 0.5) is 0 Å². The second kappa shape index (κ2) is 6.45. The summed E-state index contributed by atoms with van der Waals surface area (Å²) in [7, 11) is 1.32. The average Bonchev–Trinajstić information content (AvgIpc) is 2.30. The van der Waals surface area contributed by atoms with Crippen molar-refractivity contribution in [2.45, 2.75) is 18.8 Å². The minimum atomic E-state index is -0.658. The van der Waals surface area contributed by atoms with E-state index in [1.165, 1.54) is 7.11 Å². The van der Waals surface area contributed by atoms with Gasteiger partial charge in [-0.05, 0) is 18.6 Å². The molecule has 0 radical (unpaired) electrons. The number of esters is 1. The Morgan fingerprint density at radius 1 is 1.69 bits per heavy atom. The Hall–Kier alpha value is -1.13. The number of carbonyl (C=O) groups is 1. The largest absolute Gasteiger partial charge is 0.468 e. The Labute approximate surface area is 100.0 Å². The zero-order valence-corrected chi connectivity index (χ0v) is 10.1. The Kier molecular flexibility index (Phi) is 5.22. The number of nitrogens with zero attached hydrogens (tertiary/aromatic N) is 1. The van der Waals surface area contributed by atoms with E-state index in [9.17, 15) is 4.79 Å². The fourth-order valence-corrected chi connectivity index (χ4v) is 1.43. The number of carbonyl (C=O) groups excluding carboxylic acids is 1. The van der Waals surface area contributed by atoms with Gasteiger partial charge in [0.1, 0.15) is 5.38 Å². The number of methoxy groups -OCH3 is 1. The number of pyridine rings is 1. The van der Waals surface area contributed by atoms with Gasteiger partial charge in [0.2, 0.25) is 0 Å². The topological polar surface area (TPSA) is 51.2 Å². The Morgan fingerprint density at radius 3 is 3.06 bits per heavy atom. The minimum Gasteiger partial charge on any atom is -0.468 e. The molecule has 0 saturated carbocycles. The van der Waals surface area contributed by atoms with Gasteiger partial charge < -0.3 is 10.1 Å². The predicted octanol–water partition coefficient (Wildman–Crippen LogP) is 1.26. The molecular weight excluding hydrogens is 228 g/mol. The maximum atomic E-state index is 11.0. The van der Waals surface area contributed by atoms with Crippen molar-refractivity contribution in [3.63, 3.8) is 0 Å². The lowest BCUT2D eigenvalue weighted by Crippen LogP contribution is -2.30. The average molecular weight is 243 g/mol. The summed E-state index contributed by atoms with van der Waals surface area (Å²) in [6.07, 6.45) is 1.74. The van der Waals surface area contributed by atoms with E-state index >= 15 is 0 Å². The van der Waals surface area contributed by atoms with Gasteiger partial charge >= 0.3 is 5.97 Å². The van der Waals surface area contributed by atoms with Crippen molar-refractivity contribution in [3.8, 4) is 0 Å². The summed E-state index contributed by atoms with van der Waals surface area (Å²) in [5.41, 5.74) is 2.07. The zero-order valence-electron chi connectivity index (χ0n) is 9.37. The van der Waals surface area contributed by atoms with Gasteiger partial charge in [-0.25, -0.2) is 0 Å². The molecule has 16 heavy (non-hydrogen) atoms. The van der Waals surface area contributed by atoms with Crippen molar-refractivity contribution in [2.24, 2.45) is 0 Å². The summed E-state index contributed by atoms with van der Waals surface area (Å²) >= 11 is 5.78. The molecule has 1 unspecified atom stereocenters. The molecular formula is C11H15ClN2O2. The molecule has 1 rings (SSSR count). The minimum absolute atomic E-state index is 0.365. The van der Waals surface area contributed by atoms with Crippen LogP contribution in [0.5, 0.6) is 0 Å². The highest BCUT2D eigenvalue weighted by atomic mass is 35.5. The van der Waals surface area contributed by atoms with Crippen molar-refractivity contribution >= 4 is 17.6 Å². The van der Waals surface area contributed by atoms with E-state index in [1.807, 2.05) is 19.1 Å². The second-order valence-electron chi connectivity index (χ2n) is 3.39. The number of nitrogens with one attached hydrogen (secondary N) is 1. The first-order chi connectivity index (χ1) is 7.65. The normalized spacial score (nSPS) is 12.2. The molecule has 0 aromatic carbocycles. The van der Waals surface area contributed by atoms with Crippen molar-refractivity contribution in [1.29, 1.82) is 0 Å².